The molecular formula is C7H14O2. The molecule has 0 heterocycles. The minimum absolute atomic E-state index is 0.00315. The Morgan fingerprint density at radius 1 is 1.67 bits per heavy atom. The Morgan fingerprint density at radius 3 is 2.33 bits per heavy atom. The zero-order valence-electron chi connectivity index (χ0n) is 6.05. The minimum Gasteiger partial charge on any atom is -0.396 e. The molecule has 0 aliphatic carbocycles. The number of carbonyl (C=O) groups is 1. The van der Waals surface area contributed by atoms with Crippen LogP contribution in [0.1, 0.15) is 26.7 Å². The van der Waals surface area contributed by atoms with Gasteiger partial charge < -0.3 is 5.11 Å². The molecular weight excluding hydrogens is 116 g/mol. The maximum Gasteiger partial charge on any atom is 0.135 e. The molecule has 1 atom stereocenters. The minimum atomic E-state index is -0.116. The molecule has 1 unspecified atom stereocenters. The third kappa shape index (κ3) is 3.25. The van der Waals surface area contributed by atoms with Crippen LogP contribution in [0, 0.1) is 5.92 Å². The van der Waals surface area contributed by atoms with E-state index in [9.17, 15) is 4.79 Å². The van der Waals surface area contributed by atoms with E-state index in [0.29, 0.717) is 0 Å². The SMILES string of the molecule is CCCC(CO)C(C)=O. The summed E-state index contributed by atoms with van der Waals surface area (Å²) >= 11 is 0. The van der Waals surface area contributed by atoms with Gasteiger partial charge in [-0.25, -0.2) is 0 Å². The molecule has 9 heavy (non-hydrogen) atoms. The molecule has 0 rings (SSSR count). The number of rotatable bonds is 4. The average Bonchev–Trinajstić information content (AvgIpc) is 1.82. The van der Waals surface area contributed by atoms with E-state index in [2.05, 4.69) is 0 Å². The van der Waals surface area contributed by atoms with Crippen LogP contribution in [0.15, 0.2) is 0 Å². The van der Waals surface area contributed by atoms with Gasteiger partial charge in [-0.15, -0.1) is 0 Å². The molecule has 1 N–H and O–H groups in total. The third-order valence-corrected chi connectivity index (χ3v) is 1.43. The Kier molecular flexibility index (Phi) is 4.32. The number of carbonyl (C=O) groups excluding carboxylic acids is 1. The summed E-state index contributed by atoms with van der Waals surface area (Å²) in [5, 5.41) is 8.61. The van der Waals surface area contributed by atoms with E-state index in [-0.39, 0.29) is 18.3 Å². The fraction of sp³-hybridized carbons (Fsp3) is 0.857. The van der Waals surface area contributed by atoms with Gasteiger partial charge >= 0.3 is 0 Å². The van der Waals surface area contributed by atoms with Crippen molar-refractivity contribution < 1.29 is 9.90 Å². The topological polar surface area (TPSA) is 37.3 Å². The van der Waals surface area contributed by atoms with Crippen LogP contribution >= 0.6 is 0 Å². The monoisotopic (exact) mass is 130 g/mol. The number of ketones is 1. The summed E-state index contributed by atoms with van der Waals surface area (Å²) in [6.07, 6.45) is 1.77. The zero-order valence-corrected chi connectivity index (χ0v) is 6.05. The van der Waals surface area contributed by atoms with Crippen molar-refractivity contribution >= 4 is 5.78 Å². The highest BCUT2D eigenvalue weighted by Crippen LogP contribution is 2.05. The summed E-state index contributed by atoms with van der Waals surface area (Å²) < 4.78 is 0. The Bertz CT molecular complexity index is 88.9. The highest BCUT2D eigenvalue weighted by Gasteiger charge is 2.09. The van der Waals surface area contributed by atoms with Crippen molar-refractivity contribution in [2.45, 2.75) is 26.7 Å². The standard InChI is InChI=1S/C7H14O2/c1-3-4-7(5-8)6(2)9/h7-8H,3-5H2,1-2H3. The second-order valence-corrected chi connectivity index (χ2v) is 2.28. The average molecular weight is 130 g/mol. The highest BCUT2D eigenvalue weighted by molar-refractivity contribution is 5.78. The van der Waals surface area contributed by atoms with Gasteiger partial charge in [-0.3, -0.25) is 4.79 Å². The number of hydrogen-bond donors (Lipinski definition) is 1. The van der Waals surface area contributed by atoms with Crippen LogP contribution in [0.4, 0.5) is 0 Å². The molecule has 2 heteroatoms. The predicted molar refractivity (Wildman–Crippen MR) is 36.2 cm³/mol. The van der Waals surface area contributed by atoms with Gasteiger partial charge in [-0.05, 0) is 13.3 Å². The van der Waals surface area contributed by atoms with Gasteiger partial charge in [0.2, 0.25) is 0 Å². The van der Waals surface area contributed by atoms with Crippen molar-refractivity contribution in [1.29, 1.82) is 0 Å². The molecule has 0 aromatic rings. The molecule has 2 nitrogen and oxygen atoms in total. The first-order valence-electron chi connectivity index (χ1n) is 3.33. The molecule has 0 aromatic carbocycles. The van der Waals surface area contributed by atoms with E-state index in [1.807, 2.05) is 6.92 Å². The molecule has 0 saturated heterocycles. The first-order chi connectivity index (χ1) is 4.22. The van der Waals surface area contributed by atoms with E-state index in [0.717, 1.165) is 12.8 Å². The van der Waals surface area contributed by atoms with Crippen LogP contribution in [0.2, 0.25) is 0 Å². The smallest absolute Gasteiger partial charge is 0.135 e. The van der Waals surface area contributed by atoms with Crippen LogP contribution in [0.3, 0.4) is 0 Å². The lowest BCUT2D eigenvalue weighted by molar-refractivity contribution is -0.122. The van der Waals surface area contributed by atoms with Crippen molar-refractivity contribution in [1.82, 2.24) is 0 Å². The summed E-state index contributed by atoms with van der Waals surface area (Å²) in [4.78, 5) is 10.6. The molecule has 0 fully saturated rings. The quantitative estimate of drug-likeness (QED) is 0.616. The fourth-order valence-corrected chi connectivity index (χ4v) is 0.772. The van der Waals surface area contributed by atoms with Gasteiger partial charge in [0.15, 0.2) is 0 Å². The van der Waals surface area contributed by atoms with E-state index >= 15 is 0 Å². The Balaban J connectivity index is 3.54. The lowest BCUT2D eigenvalue weighted by Crippen LogP contribution is -2.14. The molecule has 0 saturated carbocycles. The second kappa shape index (κ2) is 4.50. The molecule has 0 bridgehead atoms. The maximum absolute atomic E-state index is 10.6. The van der Waals surface area contributed by atoms with Crippen molar-refractivity contribution in [2.24, 2.45) is 5.92 Å². The van der Waals surface area contributed by atoms with E-state index < -0.39 is 0 Å². The van der Waals surface area contributed by atoms with Crippen molar-refractivity contribution in [3.8, 4) is 0 Å². The van der Waals surface area contributed by atoms with Gasteiger partial charge in [0.25, 0.3) is 0 Å². The molecule has 0 aliphatic heterocycles. The van der Waals surface area contributed by atoms with Gasteiger partial charge in [0.05, 0.1) is 6.61 Å². The Labute approximate surface area is 55.9 Å². The van der Waals surface area contributed by atoms with Crippen LogP contribution in [0.25, 0.3) is 0 Å². The highest BCUT2D eigenvalue weighted by atomic mass is 16.3. The Hall–Kier alpha value is -0.370. The van der Waals surface area contributed by atoms with Gasteiger partial charge in [-0.2, -0.15) is 0 Å². The van der Waals surface area contributed by atoms with E-state index in [4.69, 9.17) is 5.11 Å². The molecule has 0 aromatic heterocycles. The first kappa shape index (κ1) is 8.63. The number of Topliss-reactive ketones (excluding diaryl/α,β-unsaturated/α-hetero) is 1. The molecule has 0 aliphatic rings. The van der Waals surface area contributed by atoms with Crippen molar-refractivity contribution in [2.75, 3.05) is 6.61 Å². The van der Waals surface area contributed by atoms with Crippen LogP contribution in [0.5, 0.6) is 0 Å². The van der Waals surface area contributed by atoms with Crippen LogP contribution in [-0.2, 0) is 4.79 Å². The van der Waals surface area contributed by atoms with Gasteiger partial charge in [-0.1, -0.05) is 13.3 Å². The van der Waals surface area contributed by atoms with E-state index in [1.54, 1.807) is 0 Å². The van der Waals surface area contributed by atoms with Crippen molar-refractivity contribution in [3.63, 3.8) is 0 Å². The lowest BCUT2D eigenvalue weighted by atomic mass is 10.0. The van der Waals surface area contributed by atoms with Gasteiger partial charge in [0, 0.05) is 5.92 Å². The number of aliphatic hydroxyl groups excluding tert-OH is 1. The third-order valence-electron chi connectivity index (χ3n) is 1.43. The number of aliphatic hydroxyl groups is 1. The normalized spacial score (nSPS) is 13.2. The summed E-state index contributed by atoms with van der Waals surface area (Å²) in [6.45, 7) is 3.53. The summed E-state index contributed by atoms with van der Waals surface area (Å²) in [5.74, 6) is -0.0191. The van der Waals surface area contributed by atoms with Crippen LogP contribution in [-0.4, -0.2) is 17.5 Å². The predicted octanol–water partition coefficient (Wildman–Crippen LogP) is 0.984. The zero-order chi connectivity index (χ0) is 7.28. The van der Waals surface area contributed by atoms with Crippen molar-refractivity contribution in [3.05, 3.63) is 0 Å². The van der Waals surface area contributed by atoms with Gasteiger partial charge in [0.1, 0.15) is 5.78 Å². The van der Waals surface area contributed by atoms with Crippen LogP contribution < -0.4 is 0 Å². The summed E-state index contributed by atoms with van der Waals surface area (Å²) in [6, 6.07) is 0. The maximum atomic E-state index is 10.6. The van der Waals surface area contributed by atoms with E-state index in [1.165, 1.54) is 6.92 Å². The summed E-state index contributed by atoms with van der Waals surface area (Å²) in [7, 11) is 0. The Morgan fingerprint density at radius 2 is 2.22 bits per heavy atom. The number of hydrogen-bond acceptors (Lipinski definition) is 2. The molecule has 0 amide bonds. The molecule has 0 spiro atoms. The molecule has 0 radical (unpaired) electrons. The summed E-state index contributed by atoms with van der Waals surface area (Å²) in [5.41, 5.74) is 0. The fourth-order valence-electron chi connectivity index (χ4n) is 0.772. The lowest BCUT2D eigenvalue weighted by Gasteiger charge is -2.06. The largest absolute Gasteiger partial charge is 0.396 e. The second-order valence-electron chi connectivity index (χ2n) is 2.28. The first-order valence-corrected chi connectivity index (χ1v) is 3.33. The molecule has 54 valence electrons.